The number of halogens is 1. The Bertz CT molecular complexity index is 2320. The molecule has 2 N–H and O–H groups in total. The van der Waals surface area contributed by atoms with Gasteiger partial charge >= 0.3 is 5.97 Å². The highest BCUT2D eigenvalue weighted by atomic mass is 35.5. The number of anilines is 1. The van der Waals surface area contributed by atoms with Crippen LogP contribution in [0.3, 0.4) is 0 Å². The summed E-state index contributed by atoms with van der Waals surface area (Å²) in [5.41, 5.74) is 2.06. The number of thiophene rings is 1. The zero-order valence-electron chi connectivity index (χ0n) is 31.4. The number of hydrogen-bond donors (Lipinski definition) is 2. The lowest BCUT2D eigenvalue weighted by atomic mass is 9.51. The van der Waals surface area contributed by atoms with Gasteiger partial charge in [0.15, 0.2) is 0 Å². The number of likely N-dealkylation sites (tertiary alicyclic amines) is 1. The first-order chi connectivity index (χ1) is 26.8. The van der Waals surface area contributed by atoms with Crippen LogP contribution in [0.25, 0.3) is 20.7 Å². The first-order valence-electron chi connectivity index (χ1n) is 19.1. The highest BCUT2D eigenvalue weighted by Gasteiger charge is 2.68. The molecule has 14 heteroatoms. The van der Waals surface area contributed by atoms with Crippen LogP contribution < -0.4 is 9.64 Å². The van der Waals surface area contributed by atoms with Gasteiger partial charge in [0.2, 0.25) is 23.6 Å². The van der Waals surface area contributed by atoms with Crippen molar-refractivity contribution in [1.82, 2.24) is 14.7 Å². The average molecular weight is 799 g/mol. The number of aryl methyl sites for hydroxylation is 2. The third-order valence-electron chi connectivity index (χ3n) is 12.4. The Hall–Kier alpha value is -4.85. The van der Waals surface area contributed by atoms with E-state index < -0.39 is 41.0 Å². The quantitative estimate of drug-likeness (QED) is 0.0926. The van der Waals surface area contributed by atoms with Gasteiger partial charge < -0.3 is 14.9 Å². The van der Waals surface area contributed by atoms with Gasteiger partial charge in [0, 0.05) is 41.7 Å². The average Bonchev–Trinajstić information content (AvgIpc) is 3.84. The Balaban J connectivity index is 1.16. The number of carbonyl (C=O) groups is 5. The van der Waals surface area contributed by atoms with E-state index in [1.165, 1.54) is 9.80 Å². The number of benzene rings is 2. The van der Waals surface area contributed by atoms with Crippen molar-refractivity contribution in [2.75, 3.05) is 24.7 Å². The fourth-order valence-electron chi connectivity index (χ4n) is 9.76. The molecule has 1 saturated carbocycles. The Morgan fingerprint density at radius 1 is 1.02 bits per heavy atom. The predicted molar refractivity (Wildman–Crippen MR) is 210 cm³/mol. The maximum Gasteiger partial charge on any atom is 0.303 e. The number of aliphatic hydroxyl groups excluding tert-OH is 1. The summed E-state index contributed by atoms with van der Waals surface area (Å²) in [7, 11) is 1.72. The first-order valence-corrected chi connectivity index (χ1v) is 20.3. The molecule has 0 spiro atoms. The number of unbranched alkanes of at least 4 members (excludes halogenated alkanes) is 2. The SMILES string of the molecule is Cc1c(-c2cc(N3C(=O)C4CC5C(=CCC6C(=O)N(CCCCCC(=O)O)C(=O)C65)C(c5ccc(OCCO)cc5)C4(C)C3=O)n(C)n2)sc2ccc(Cl)cc12. The topological polar surface area (TPSA) is 159 Å². The summed E-state index contributed by atoms with van der Waals surface area (Å²) < 4.78 is 8.26. The highest BCUT2D eigenvalue weighted by molar-refractivity contribution is 7.22. The van der Waals surface area contributed by atoms with E-state index >= 15 is 4.79 Å². The zero-order chi connectivity index (χ0) is 39.6. The van der Waals surface area contributed by atoms with Gasteiger partial charge in [-0.25, -0.2) is 4.90 Å². The van der Waals surface area contributed by atoms with Gasteiger partial charge in [0.05, 0.1) is 34.7 Å². The second kappa shape index (κ2) is 14.6. The molecule has 6 atom stereocenters. The van der Waals surface area contributed by atoms with Crippen LogP contribution in [0.1, 0.15) is 62.5 Å². The lowest BCUT2D eigenvalue weighted by molar-refractivity contribution is -0.141. The lowest BCUT2D eigenvalue weighted by Crippen LogP contribution is -2.48. The number of allylic oxidation sites excluding steroid dienone is 2. The molecule has 2 aliphatic carbocycles. The van der Waals surface area contributed by atoms with E-state index in [-0.39, 0.29) is 56.2 Å². The molecular weight excluding hydrogens is 756 g/mol. The number of carboxylic acid groups (broad SMARTS) is 1. The molecule has 3 fully saturated rings. The normalized spacial score (nSPS) is 25.8. The van der Waals surface area contributed by atoms with Gasteiger partial charge in [0.25, 0.3) is 0 Å². The number of carboxylic acids is 1. The van der Waals surface area contributed by atoms with E-state index in [1.54, 1.807) is 41.3 Å². The number of fused-ring (bicyclic) bond motifs is 5. The molecule has 12 nitrogen and oxygen atoms in total. The second-order valence-corrected chi connectivity index (χ2v) is 17.0. The summed E-state index contributed by atoms with van der Waals surface area (Å²) in [6, 6.07) is 14.8. The van der Waals surface area contributed by atoms with Crippen LogP contribution in [0.4, 0.5) is 5.82 Å². The van der Waals surface area contributed by atoms with Gasteiger partial charge in [0.1, 0.15) is 23.9 Å². The van der Waals surface area contributed by atoms with Crippen LogP contribution in [0, 0.1) is 36.0 Å². The molecule has 8 rings (SSSR count). The molecule has 2 aromatic carbocycles. The van der Waals surface area contributed by atoms with Crippen LogP contribution >= 0.6 is 22.9 Å². The van der Waals surface area contributed by atoms with Crippen molar-refractivity contribution in [2.24, 2.45) is 36.1 Å². The standard InChI is InChI=1S/C42H43ClN4O8S/c1-22-28-19-24(43)10-15-32(28)56-37(22)31-21-33(45(3)44-31)47-39(52)30-20-29-26(36(42(30,2)41(47)54)23-8-11-25(12-9-23)55-18-17-48)13-14-27-35(29)40(53)46(38(27)51)16-6-4-5-7-34(49)50/h8-13,15,19,21,27,29-30,35-36,48H,4-7,14,16-18,20H2,1-3H3,(H,49,50). The van der Waals surface area contributed by atoms with Gasteiger partial charge in [-0.15, -0.1) is 11.3 Å². The van der Waals surface area contributed by atoms with Crippen LogP contribution in [0.15, 0.2) is 60.2 Å². The van der Waals surface area contributed by atoms with Crippen LogP contribution in [-0.2, 0) is 31.0 Å². The van der Waals surface area contributed by atoms with Crippen molar-refractivity contribution in [3.05, 3.63) is 76.3 Å². The number of ether oxygens (including phenoxy) is 1. The minimum absolute atomic E-state index is 0.0303. The predicted octanol–water partition coefficient (Wildman–Crippen LogP) is 6.51. The monoisotopic (exact) mass is 798 g/mol. The van der Waals surface area contributed by atoms with Crippen LogP contribution in [0.5, 0.6) is 5.75 Å². The number of aliphatic carboxylic acids is 1. The fourth-order valence-corrected chi connectivity index (χ4v) is 11.1. The van der Waals surface area contributed by atoms with Crippen molar-refractivity contribution < 1.29 is 38.9 Å². The molecule has 4 aliphatic rings. The molecular formula is C42H43ClN4O8S. The number of carbonyl (C=O) groups excluding carboxylic acids is 4. The number of aromatic nitrogens is 2. The third kappa shape index (κ3) is 6.06. The molecule has 292 valence electrons. The van der Waals surface area contributed by atoms with E-state index in [9.17, 15) is 24.3 Å². The molecule has 0 bridgehead atoms. The molecule has 4 amide bonds. The number of imide groups is 2. The minimum Gasteiger partial charge on any atom is -0.491 e. The molecule has 4 heterocycles. The third-order valence-corrected chi connectivity index (χ3v) is 14.0. The van der Waals surface area contributed by atoms with Crippen molar-refractivity contribution in [2.45, 2.75) is 58.3 Å². The van der Waals surface area contributed by atoms with E-state index in [0.717, 1.165) is 31.7 Å². The summed E-state index contributed by atoms with van der Waals surface area (Å²) in [5.74, 6) is -4.31. The molecule has 2 saturated heterocycles. The van der Waals surface area contributed by atoms with Crippen molar-refractivity contribution in [3.63, 3.8) is 0 Å². The van der Waals surface area contributed by atoms with Crippen LogP contribution in [0.2, 0.25) is 5.02 Å². The lowest BCUT2D eigenvalue weighted by Gasteiger charge is -2.49. The molecule has 4 aromatic rings. The Labute approximate surface area is 332 Å². The van der Waals surface area contributed by atoms with E-state index in [4.69, 9.17) is 26.5 Å². The number of hydrogen-bond acceptors (Lipinski definition) is 9. The first kappa shape index (κ1) is 38.0. The minimum atomic E-state index is -1.23. The zero-order valence-corrected chi connectivity index (χ0v) is 32.9. The fraction of sp³-hybridized carbons (Fsp3) is 0.429. The van der Waals surface area contributed by atoms with E-state index in [2.05, 4.69) is 0 Å². The van der Waals surface area contributed by atoms with E-state index in [0.29, 0.717) is 48.0 Å². The van der Waals surface area contributed by atoms with Crippen molar-refractivity contribution >= 4 is 68.4 Å². The molecule has 2 aromatic heterocycles. The summed E-state index contributed by atoms with van der Waals surface area (Å²) >= 11 is 7.88. The second-order valence-electron chi connectivity index (χ2n) is 15.5. The molecule has 56 heavy (non-hydrogen) atoms. The summed E-state index contributed by atoms with van der Waals surface area (Å²) in [4.78, 5) is 72.5. The molecule has 2 aliphatic heterocycles. The summed E-state index contributed by atoms with van der Waals surface area (Å²) in [5, 5.41) is 24.8. The number of nitrogens with zero attached hydrogens (tertiary/aromatic N) is 4. The Morgan fingerprint density at radius 3 is 2.52 bits per heavy atom. The van der Waals surface area contributed by atoms with Gasteiger partial charge in [-0.2, -0.15) is 5.10 Å². The van der Waals surface area contributed by atoms with E-state index in [1.807, 2.05) is 50.3 Å². The maximum absolute atomic E-state index is 15.1. The molecule has 0 radical (unpaired) electrons. The summed E-state index contributed by atoms with van der Waals surface area (Å²) in [6.07, 6.45) is 4.16. The highest BCUT2D eigenvalue weighted by Crippen LogP contribution is 2.63. The Kier molecular flexibility index (Phi) is 9.91. The van der Waals surface area contributed by atoms with Crippen molar-refractivity contribution in [3.8, 4) is 16.3 Å². The van der Waals surface area contributed by atoms with Crippen molar-refractivity contribution in [1.29, 1.82) is 0 Å². The maximum atomic E-state index is 15.1. The Morgan fingerprint density at radius 2 is 1.79 bits per heavy atom. The number of aliphatic hydroxyl groups is 1. The van der Waals surface area contributed by atoms with Gasteiger partial charge in [-0.1, -0.05) is 41.8 Å². The largest absolute Gasteiger partial charge is 0.491 e. The summed E-state index contributed by atoms with van der Waals surface area (Å²) in [6.45, 7) is 4.04. The van der Waals surface area contributed by atoms with Gasteiger partial charge in [-0.05, 0) is 92.3 Å². The smallest absolute Gasteiger partial charge is 0.303 e. The van der Waals surface area contributed by atoms with Gasteiger partial charge in [-0.3, -0.25) is 33.6 Å². The molecule has 6 unspecified atom stereocenters. The number of amides is 4. The number of rotatable bonds is 12. The van der Waals surface area contributed by atoms with Crippen LogP contribution in [-0.4, -0.2) is 74.2 Å².